The van der Waals surface area contributed by atoms with E-state index in [1.54, 1.807) is 24.3 Å². The number of aromatic nitrogens is 2. The summed E-state index contributed by atoms with van der Waals surface area (Å²) in [4.78, 5) is 28.6. The van der Waals surface area contributed by atoms with Gasteiger partial charge in [0.25, 0.3) is 5.56 Å². The van der Waals surface area contributed by atoms with Gasteiger partial charge in [0.05, 0.1) is 27.1 Å². The van der Waals surface area contributed by atoms with Crippen LogP contribution in [-0.2, 0) is 13.0 Å². The Bertz CT molecular complexity index is 1540. The number of halogens is 3. The van der Waals surface area contributed by atoms with Crippen LogP contribution in [0, 0.1) is 15.9 Å². The van der Waals surface area contributed by atoms with Crippen molar-refractivity contribution in [1.82, 2.24) is 9.66 Å². The van der Waals surface area contributed by atoms with Crippen molar-refractivity contribution in [2.75, 3.05) is 0 Å². The molecule has 0 amide bonds. The number of ether oxygens (including phenoxy) is 1. The van der Waals surface area contributed by atoms with Gasteiger partial charge >= 0.3 is 5.69 Å². The smallest absolute Gasteiger partial charge is 0.313 e. The van der Waals surface area contributed by atoms with Gasteiger partial charge < -0.3 is 4.74 Å². The first kappa shape index (κ1) is 24.5. The van der Waals surface area contributed by atoms with E-state index in [4.69, 9.17) is 16.3 Å². The SMILES string of the molecule is CCc1nc2ccc(Br)cc2c(=O)n1N=Cc1cc(Cl)c(OCc2ccccc2F)c([N+](=O)[O-])c1. The molecule has 3 aromatic carbocycles. The highest BCUT2D eigenvalue weighted by molar-refractivity contribution is 9.10. The molecule has 0 spiro atoms. The Morgan fingerprint density at radius 3 is 2.74 bits per heavy atom. The van der Waals surface area contributed by atoms with Gasteiger partial charge in [-0.15, -0.1) is 0 Å². The summed E-state index contributed by atoms with van der Waals surface area (Å²) in [5.74, 6) is -0.268. The fourth-order valence-electron chi connectivity index (χ4n) is 3.38. The lowest BCUT2D eigenvalue weighted by Crippen LogP contribution is -2.22. The third kappa shape index (κ3) is 5.23. The summed E-state index contributed by atoms with van der Waals surface area (Å²) >= 11 is 9.63. The average molecular weight is 560 g/mol. The Balaban J connectivity index is 1.71. The van der Waals surface area contributed by atoms with E-state index in [2.05, 4.69) is 26.0 Å². The van der Waals surface area contributed by atoms with Crippen molar-refractivity contribution in [2.45, 2.75) is 20.0 Å². The molecule has 35 heavy (non-hydrogen) atoms. The number of nitro groups is 1. The summed E-state index contributed by atoms with van der Waals surface area (Å²) < 4.78 is 21.3. The van der Waals surface area contributed by atoms with E-state index in [1.165, 1.54) is 36.5 Å². The van der Waals surface area contributed by atoms with Crippen molar-refractivity contribution in [2.24, 2.45) is 5.10 Å². The van der Waals surface area contributed by atoms with Gasteiger partial charge in [0, 0.05) is 28.1 Å². The van der Waals surface area contributed by atoms with Gasteiger partial charge in [-0.05, 0) is 30.3 Å². The standard InChI is InChI=1S/C24H17BrClFN4O4/c1-2-22-29-20-8-7-16(25)11-17(20)24(32)30(22)28-12-14-9-18(26)23(21(10-14)31(33)34)35-13-15-5-3-4-6-19(15)27/h3-12H,2,13H2,1H3. The highest BCUT2D eigenvalue weighted by Gasteiger charge is 2.21. The third-order valence-corrected chi connectivity index (χ3v) is 5.86. The number of nitrogens with zero attached hydrogens (tertiary/aromatic N) is 4. The van der Waals surface area contributed by atoms with Gasteiger partial charge in [-0.3, -0.25) is 14.9 Å². The second-order valence-corrected chi connectivity index (χ2v) is 8.72. The van der Waals surface area contributed by atoms with Gasteiger partial charge in [0.2, 0.25) is 5.75 Å². The minimum atomic E-state index is -0.654. The third-order valence-electron chi connectivity index (χ3n) is 5.09. The lowest BCUT2D eigenvalue weighted by atomic mass is 10.2. The van der Waals surface area contributed by atoms with Gasteiger partial charge in [0.15, 0.2) is 0 Å². The second kappa shape index (κ2) is 10.3. The molecular formula is C24H17BrClFN4O4. The van der Waals surface area contributed by atoms with Gasteiger partial charge in [-0.25, -0.2) is 9.37 Å². The fraction of sp³-hybridized carbons (Fsp3) is 0.125. The Morgan fingerprint density at radius 2 is 2.03 bits per heavy atom. The molecule has 0 aliphatic carbocycles. The van der Waals surface area contributed by atoms with Crippen LogP contribution in [0.2, 0.25) is 5.02 Å². The van der Waals surface area contributed by atoms with Crippen molar-refractivity contribution in [3.8, 4) is 5.75 Å². The van der Waals surface area contributed by atoms with Crippen molar-refractivity contribution in [3.63, 3.8) is 0 Å². The molecule has 8 nitrogen and oxygen atoms in total. The first-order chi connectivity index (χ1) is 16.8. The molecule has 0 fully saturated rings. The number of hydrogen-bond donors (Lipinski definition) is 0. The van der Waals surface area contributed by atoms with Crippen LogP contribution >= 0.6 is 27.5 Å². The molecule has 4 aromatic rings. The number of benzene rings is 3. The summed E-state index contributed by atoms with van der Waals surface area (Å²) in [6.07, 6.45) is 1.72. The van der Waals surface area contributed by atoms with Gasteiger partial charge in [-0.2, -0.15) is 9.78 Å². The van der Waals surface area contributed by atoms with Crippen molar-refractivity contribution in [3.05, 3.63) is 107 Å². The molecule has 1 aromatic heterocycles. The molecule has 0 saturated heterocycles. The molecule has 0 N–H and O–H groups in total. The first-order valence-electron chi connectivity index (χ1n) is 10.4. The lowest BCUT2D eigenvalue weighted by molar-refractivity contribution is -0.385. The number of rotatable bonds is 7. The Morgan fingerprint density at radius 1 is 1.26 bits per heavy atom. The second-order valence-electron chi connectivity index (χ2n) is 7.39. The van der Waals surface area contributed by atoms with Crippen LogP contribution in [0.3, 0.4) is 0 Å². The highest BCUT2D eigenvalue weighted by atomic mass is 79.9. The lowest BCUT2D eigenvalue weighted by Gasteiger charge is -2.10. The molecule has 0 aliphatic rings. The molecule has 11 heteroatoms. The quantitative estimate of drug-likeness (QED) is 0.160. The van der Waals surface area contributed by atoms with Crippen LogP contribution in [-0.4, -0.2) is 20.8 Å². The van der Waals surface area contributed by atoms with Gasteiger partial charge in [-0.1, -0.05) is 52.7 Å². The van der Waals surface area contributed by atoms with Crippen LogP contribution in [0.5, 0.6) is 5.75 Å². The van der Waals surface area contributed by atoms with Crippen molar-refractivity contribution in [1.29, 1.82) is 0 Å². The van der Waals surface area contributed by atoms with Crippen LogP contribution < -0.4 is 10.3 Å². The van der Waals surface area contributed by atoms with Crippen LogP contribution in [0.15, 0.2) is 69.0 Å². The maximum absolute atomic E-state index is 13.9. The number of aryl methyl sites for hydroxylation is 1. The van der Waals surface area contributed by atoms with Gasteiger partial charge in [0.1, 0.15) is 18.2 Å². The molecule has 0 atom stereocenters. The van der Waals surface area contributed by atoms with Crippen LogP contribution in [0.1, 0.15) is 23.9 Å². The monoisotopic (exact) mass is 558 g/mol. The normalized spacial score (nSPS) is 11.3. The first-order valence-corrected chi connectivity index (χ1v) is 11.5. The number of hydrogen-bond acceptors (Lipinski definition) is 6. The topological polar surface area (TPSA) is 99.6 Å². The largest absolute Gasteiger partial charge is 0.481 e. The zero-order valence-electron chi connectivity index (χ0n) is 18.2. The molecule has 1 heterocycles. The molecule has 178 valence electrons. The summed E-state index contributed by atoms with van der Waals surface area (Å²) in [5.41, 5.74) is 0.235. The minimum absolute atomic E-state index is 0.0550. The number of nitro benzene ring substituents is 1. The van der Waals surface area contributed by atoms with Crippen LogP contribution in [0.25, 0.3) is 10.9 Å². The van der Waals surface area contributed by atoms with Crippen molar-refractivity contribution < 1.29 is 14.1 Å². The average Bonchev–Trinajstić information content (AvgIpc) is 2.83. The zero-order valence-corrected chi connectivity index (χ0v) is 20.6. The molecule has 0 radical (unpaired) electrons. The zero-order chi connectivity index (χ0) is 25.1. The minimum Gasteiger partial charge on any atom is -0.481 e. The molecular weight excluding hydrogens is 543 g/mol. The molecule has 4 rings (SSSR count). The fourth-order valence-corrected chi connectivity index (χ4v) is 4.02. The summed E-state index contributed by atoms with van der Waals surface area (Å²) in [7, 11) is 0. The van der Waals surface area contributed by atoms with E-state index in [0.717, 1.165) is 9.15 Å². The summed E-state index contributed by atoms with van der Waals surface area (Å²) in [5, 5.41) is 16.2. The maximum atomic E-state index is 13.9. The number of fused-ring (bicyclic) bond motifs is 1. The van der Waals surface area contributed by atoms with Crippen LogP contribution in [0.4, 0.5) is 10.1 Å². The predicted molar refractivity (Wildman–Crippen MR) is 135 cm³/mol. The molecule has 0 unspecified atom stereocenters. The van der Waals surface area contributed by atoms with Crippen molar-refractivity contribution >= 4 is 50.3 Å². The summed E-state index contributed by atoms with van der Waals surface area (Å²) in [6, 6.07) is 13.7. The predicted octanol–water partition coefficient (Wildman–Crippen LogP) is 5.88. The van der Waals surface area contributed by atoms with E-state index in [-0.39, 0.29) is 34.1 Å². The Kier molecular flexibility index (Phi) is 7.23. The van der Waals surface area contributed by atoms with E-state index in [1.807, 2.05) is 6.92 Å². The summed E-state index contributed by atoms with van der Waals surface area (Å²) in [6.45, 7) is 1.59. The van der Waals surface area contributed by atoms with E-state index in [0.29, 0.717) is 23.1 Å². The highest BCUT2D eigenvalue weighted by Crippen LogP contribution is 2.36. The maximum Gasteiger partial charge on any atom is 0.313 e. The molecule has 0 saturated carbocycles. The molecule has 0 bridgehead atoms. The Hall–Kier alpha value is -3.63. The van der Waals surface area contributed by atoms with E-state index in [9.17, 15) is 19.3 Å². The van der Waals surface area contributed by atoms with E-state index < -0.39 is 16.4 Å². The van der Waals surface area contributed by atoms with E-state index >= 15 is 0 Å². The Labute approximate surface area is 211 Å². The molecule has 0 aliphatic heterocycles.